The van der Waals surface area contributed by atoms with Crippen LogP contribution in [0.5, 0.6) is 0 Å². The fourth-order valence-corrected chi connectivity index (χ4v) is 1.22. The number of rotatable bonds is 5. The zero-order valence-corrected chi connectivity index (χ0v) is 9.47. The van der Waals surface area contributed by atoms with E-state index >= 15 is 0 Å². The molecule has 0 aliphatic rings. The molecule has 6 N–H and O–H groups in total. The monoisotopic (exact) mass is 244 g/mol. The zero-order valence-electron chi connectivity index (χ0n) is 9.47. The Hall–Kier alpha value is -2.88. The first-order valence-corrected chi connectivity index (χ1v) is 4.98. The van der Waals surface area contributed by atoms with Gasteiger partial charge in [0.2, 0.25) is 11.6 Å². The Labute approximate surface area is 104 Å². The quantitative estimate of drug-likeness (QED) is 0.327. The van der Waals surface area contributed by atoms with Crippen molar-refractivity contribution in [2.45, 2.75) is 6.42 Å². The fraction of sp³-hybridized carbons (Fsp3) is 0.0909. The molecule has 0 bridgehead atoms. The molecule has 0 heterocycles. The number of nitriles is 1. The molecule has 0 atom stereocenters. The normalized spacial score (nSPS) is 10.5. The van der Waals surface area contributed by atoms with Crippen molar-refractivity contribution in [2.24, 2.45) is 16.6 Å². The van der Waals surface area contributed by atoms with E-state index in [1.165, 1.54) is 0 Å². The molecule has 92 valence electrons. The first-order valence-electron chi connectivity index (χ1n) is 4.98. The molecule has 7 heteroatoms. The van der Waals surface area contributed by atoms with E-state index in [0.29, 0.717) is 5.69 Å². The third kappa shape index (κ3) is 3.94. The van der Waals surface area contributed by atoms with Gasteiger partial charge < -0.3 is 11.5 Å². The molecule has 0 aliphatic heterocycles. The topological polar surface area (TPSA) is 141 Å². The van der Waals surface area contributed by atoms with E-state index in [-0.39, 0.29) is 12.1 Å². The van der Waals surface area contributed by atoms with Crippen LogP contribution in [-0.4, -0.2) is 17.5 Å². The van der Waals surface area contributed by atoms with E-state index in [4.69, 9.17) is 22.1 Å². The number of amides is 1. The number of amidine groups is 1. The van der Waals surface area contributed by atoms with Crippen LogP contribution in [0.4, 0.5) is 5.69 Å². The summed E-state index contributed by atoms with van der Waals surface area (Å²) in [5.74, 6) is -0.851. The van der Waals surface area contributed by atoms with Crippen molar-refractivity contribution in [3.8, 4) is 6.07 Å². The summed E-state index contributed by atoms with van der Waals surface area (Å²) in [4.78, 5) is 10.8. The number of hydrogen-bond donors (Lipinski definition) is 4. The Balaban J connectivity index is 2.83. The SMILES string of the molecule is N#C/C(=N\Nc1cccc(CC(N)=O)c1)C(=N)N. The molecule has 0 fully saturated rings. The first kappa shape index (κ1) is 13.2. The maximum Gasteiger partial charge on any atom is 0.221 e. The number of primary amides is 1. The molecule has 1 aromatic carbocycles. The molecule has 0 radical (unpaired) electrons. The minimum atomic E-state index is -0.433. The number of hydrogen-bond acceptors (Lipinski definition) is 5. The van der Waals surface area contributed by atoms with Gasteiger partial charge in [0.15, 0.2) is 5.84 Å². The minimum absolute atomic E-state index is 0.122. The largest absolute Gasteiger partial charge is 0.382 e. The number of hydrazone groups is 1. The highest BCUT2D eigenvalue weighted by molar-refractivity contribution is 6.45. The van der Waals surface area contributed by atoms with Crippen LogP contribution in [0.25, 0.3) is 0 Å². The van der Waals surface area contributed by atoms with Gasteiger partial charge in [-0.25, -0.2) is 0 Å². The van der Waals surface area contributed by atoms with E-state index in [0.717, 1.165) is 5.56 Å². The van der Waals surface area contributed by atoms with Gasteiger partial charge in [-0.1, -0.05) is 12.1 Å². The Morgan fingerprint density at radius 3 is 2.78 bits per heavy atom. The van der Waals surface area contributed by atoms with Gasteiger partial charge in [0.1, 0.15) is 6.07 Å². The molecule has 7 nitrogen and oxygen atoms in total. The van der Waals surface area contributed by atoms with Crippen LogP contribution < -0.4 is 16.9 Å². The summed E-state index contributed by atoms with van der Waals surface area (Å²) in [5, 5.41) is 19.4. The second-order valence-corrected chi connectivity index (χ2v) is 3.44. The molecule has 0 unspecified atom stereocenters. The Kier molecular flexibility index (Phi) is 4.40. The number of nitrogens with two attached hydrogens (primary N) is 2. The Morgan fingerprint density at radius 1 is 1.50 bits per heavy atom. The summed E-state index contributed by atoms with van der Waals surface area (Å²) in [5.41, 5.74) is 13.9. The Morgan fingerprint density at radius 2 is 2.22 bits per heavy atom. The van der Waals surface area contributed by atoms with E-state index in [9.17, 15) is 4.79 Å². The van der Waals surface area contributed by atoms with Crippen molar-refractivity contribution in [1.82, 2.24) is 0 Å². The number of carbonyl (C=O) groups excluding carboxylic acids is 1. The van der Waals surface area contributed by atoms with E-state index in [2.05, 4.69) is 10.5 Å². The molecular weight excluding hydrogens is 232 g/mol. The lowest BCUT2D eigenvalue weighted by molar-refractivity contribution is -0.117. The number of nitrogens with one attached hydrogen (secondary N) is 2. The van der Waals surface area contributed by atoms with Crippen molar-refractivity contribution in [3.05, 3.63) is 29.8 Å². The summed E-state index contributed by atoms with van der Waals surface area (Å²) in [6, 6.07) is 8.51. The van der Waals surface area contributed by atoms with Crippen LogP contribution >= 0.6 is 0 Å². The number of anilines is 1. The lowest BCUT2D eigenvalue weighted by atomic mass is 10.1. The maximum absolute atomic E-state index is 10.8. The zero-order chi connectivity index (χ0) is 13.5. The van der Waals surface area contributed by atoms with Gasteiger partial charge in [0.05, 0.1) is 12.1 Å². The van der Waals surface area contributed by atoms with Crippen molar-refractivity contribution < 1.29 is 4.79 Å². The summed E-state index contributed by atoms with van der Waals surface area (Å²) in [7, 11) is 0. The lowest BCUT2D eigenvalue weighted by Gasteiger charge is -2.03. The third-order valence-corrected chi connectivity index (χ3v) is 1.96. The molecule has 0 saturated carbocycles. The second kappa shape index (κ2) is 6.00. The second-order valence-electron chi connectivity index (χ2n) is 3.44. The number of benzene rings is 1. The van der Waals surface area contributed by atoms with Gasteiger partial charge in [-0.3, -0.25) is 15.6 Å². The van der Waals surface area contributed by atoms with Gasteiger partial charge in [-0.15, -0.1) is 0 Å². The number of nitrogens with zero attached hydrogens (tertiary/aromatic N) is 2. The number of carbonyl (C=O) groups is 1. The highest BCUT2D eigenvalue weighted by atomic mass is 16.1. The highest BCUT2D eigenvalue weighted by Gasteiger charge is 2.02. The molecule has 1 amide bonds. The van der Waals surface area contributed by atoms with Crippen molar-refractivity contribution in [3.63, 3.8) is 0 Å². The average molecular weight is 244 g/mol. The van der Waals surface area contributed by atoms with Gasteiger partial charge in [-0.05, 0) is 17.7 Å². The van der Waals surface area contributed by atoms with Crippen LogP contribution in [0.3, 0.4) is 0 Å². The average Bonchev–Trinajstić information content (AvgIpc) is 2.29. The van der Waals surface area contributed by atoms with Gasteiger partial charge in [-0.2, -0.15) is 10.4 Å². The van der Waals surface area contributed by atoms with E-state index in [1.54, 1.807) is 30.3 Å². The lowest BCUT2D eigenvalue weighted by Crippen LogP contribution is -2.21. The summed E-state index contributed by atoms with van der Waals surface area (Å²) < 4.78 is 0. The predicted octanol–water partition coefficient (Wildman–Crippen LogP) is -0.0581. The van der Waals surface area contributed by atoms with Crippen molar-refractivity contribution >= 4 is 23.1 Å². The van der Waals surface area contributed by atoms with Crippen LogP contribution in [0.15, 0.2) is 29.4 Å². The maximum atomic E-state index is 10.8. The third-order valence-electron chi connectivity index (χ3n) is 1.96. The van der Waals surface area contributed by atoms with E-state index < -0.39 is 11.7 Å². The summed E-state index contributed by atoms with van der Waals surface area (Å²) in [6.45, 7) is 0. The van der Waals surface area contributed by atoms with Crippen molar-refractivity contribution in [1.29, 1.82) is 10.7 Å². The van der Waals surface area contributed by atoms with Gasteiger partial charge in [0.25, 0.3) is 0 Å². The summed E-state index contributed by atoms with van der Waals surface area (Å²) >= 11 is 0. The standard InChI is InChI=1S/C11H12N6O/c12-6-9(11(14)15)17-16-8-3-1-2-7(4-8)5-10(13)18/h1-4,16H,5H2,(H2,13,18)(H3,14,15)/b17-9+. The first-order chi connectivity index (χ1) is 8.52. The Bertz CT molecular complexity index is 543. The minimum Gasteiger partial charge on any atom is -0.382 e. The molecule has 0 spiro atoms. The predicted molar refractivity (Wildman–Crippen MR) is 67.9 cm³/mol. The van der Waals surface area contributed by atoms with Gasteiger partial charge in [0, 0.05) is 0 Å². The molecular formula is C11H12N6O. The van der Waals surface area contributed by atoms with Crippen LogP contribution in [0, 0.1) is 16.7 Å². The fourth-order valence-electron chi connectivity index (χ4n) is 1.22. The molecule has 0 aromatic heterocycles. The van der Waals surface area contributed by atoms with E-state index in [1.807, 2.05) is 0 Å². The van der Waals surface area contributed by atoms with Crippen LogP contribution in [0.1, 0.15) is 5.56 Å². The molecule has 0 saturated heterocycles. The summed E-state index contributed by atoms with van der Waals surface area (Å²) in [6.07, 6.45) is 0.122. The van der Waals surface area contributed by atoms with Crippen LogP contribution in [-0.2, 0) is 11.2 Å². The molecule has 18 heavy (non-hydrogen) atoms. The van der Waals surface area contributed by atoms with Crippen molar-refractivity contribution in [2.75, 3.05) is 5.43 Å². The molecule has 0 aliphatic carbocycles. The molecule has 1 rings (SSSR count). The smallest absolute Gasteiger partial charge is 0.221 e. The van der Waals surface area contributed by atoms with Crippen LogP contribution in [0.2, 0.25) is 0 Å². The van der Waals surface area contributed by atoms with Gasteiger partial charge >= 0.3 is 0 Å². The highest BCUT2D eigenvalue weighted by Crippen LogP contribution is 2.11. The molecule has 1 aromatic rings.